The molecular formula is C19H13BrClN3O. The summed E-state index contributed by atoms with van der Waals surface area (Å²) in [5, 5.41) is 10.1. The van der Waals surface area contributed by atoms with E-state index < -0.39 is 0 Å². The smallest absolute Gasteiger partial charge is 0.142 e. The fourth-order valence-corrected chi connectivity index (χ4v) is 3.19. The summed E-state index contributed by atoms with van der Waals surface area (Å²) in [5.74, 6) is 0.785. The topological polar surface area (TPSA) is 71.9 Å². The summed E-state index contributed by atoms with van der Waals surface area (Å²) in [6.07, 6.45) is 0. The van der Waals surface area contributed by atoms with Crippen LogP contribution in [0.1, 0.15) is 5.56 Å². The van der Waals surface area contributed by atoms with E-state index in [1.165, 1.54) is 0 Å². The van der Waals surface area contributed by atoms with Gasteiger partial charge in [-0.05, 0) is 30.3 Å². The van der Waals surface area contributed by atoms with Gasteiger partial charge in [-0.15, -0.1) is 0 Å². The van der Waals surface area contributed by atoms with Crippen LogP contribution in [-0.2, 0) is 0 Å². The predicted octanol–water partition coefficient (Wildman–Crippen LogP) is 5.29. The minimum absolute atomic E-state index is 0.150. The van der Waals surface area contributed by atoms with Crippen LogP contribution in [0.15, 0.2) is 53.0 Å². The van der Waals surface area contributed by atoms with Gasteiger partial charge in [0.25, 0.3) is 0 Å². The van der Waals surface area contributed by atoms with Gasteiger partial charge in [0.2, 0.25) is 0 Å². The van der Waals surface area contributed by atoms with Crippen LogP contribution < -0.4 is 10.5 Å². The molecule has 3 aromatic rings. The number of rotatable bonds is 3. The van der Waals surface area contributed by atoms with Crippen LogP contribution in [0.25, 0.3) is 22.4 Å². The molecule has 0 bridgehead atoms. The first-order valence-electron chi connectivity index (χ1n) is 7.34. The summed E-state index contributed by atoms with van der Waals surface area (Å²) in [5.41, 5.74) is 9.09. The maximum Gasteiger partial charge on any atom is 0.142 e. The molecule has 0 fully saturated rings. The minimum Gasteiger partial charge on any atom is -0.496 e. The third kappa shape index (κ3) is 3.32. The van der Waals surface area contributed by atoms with Gasteiger partial charge in [0.1, 0.15) is 23.2 Å². The van der Waals surface area contributed by atoms with Gasteiger partial charge in [-0.1, -0.05) is 45.7 Å². The number of halogens is 2. The van der Waals surface area contributed by atoms with Crippen LogP contribution in [0.4, 0.5) is 5.82 Å². The molecule has 0 saturated carbocycles. The highest BCUT2D eigenvalue weighted by Crippen LogP contribution is 2.38. The second-order valence-electron chi connectivity index (χ2n) is 5.25. The first-order valence-corrected chi connectivity index (χ1v) is 8.51. The first kappa shape index (κ1) is 17.3. The maximum absolute atomic E-state index is 9.56. The molecule has 0 radical (unpaired) electrons. The van der Waals surface area contributed by atoms with Crippen molar-refractivity contribution in [3.63, 3.8) is 0 Å². The molecule has 0 saturated heterocycles. The van der Waals surface area contributed by atoms with E-state index in [1.807, 2.05) is 36.4 Å². The highest BCUT2D eigenvalue weighted by atomic mass is 79.9. The van der Waals surface area contributed by atoms with Crippen LogP contribution in [0.2, 0.25) is 5.02 Å². The standard InChI is InChI=1S/C19H13BrClN3O/c1-25-18-7-6-11(20)8-14(18)13-9-17(24-19(23)15(13)10-22)12-4-2-3-5-16(12)21/h2-9H,1H3,(H2,23,24). The highest BCUT2D eigenvalue weighted by molar-refractivity contribution is 9.10. The Kier molecular flexibility index (Phi) is 4.93. The molecular weight excluding hydrogens is 402 g/mol. The Balaban J connectivity index is 2.32. The Morgan fingerprint density at radius 1 is 1.12 bits per heavy atom. The van der Waals surface area contributed by atoms with E-state index in [0.717, 1.165) is 15.6 Å². The van der Waals surface area contributed by atoms with Gasteiger partial charge in [0.05, 0.1) is 12.8 Å². The van der Waals surface area contributed by atoms with Gasteiger partial charge < -0.3 is 10.5 Å². The number of hydrogen-bond donors (Lipinski definition) is 1. The fraction of sp³-hybridized carbons (Fsp3) is 0.0526. The SMILES string of the molecule is COc1ccc(Br)cc1-c1cc(-c2ccccc2Cl)nc(N)c1C#N. The zero-order valence-corrected chi connectivity index (χ0v) is 15.6. The zero-order chi connectivity index (χ0) is 18.0. The van der Waals surface area contributed by atoms with Gasteiger partial charge in [0.15, 0.2) is 0 Å². The largest absolute Gasteiger partial charge is 0.496 e. The van der Waals surface area contributed by atoms with Crippen LogP contribution >= 0.6 is 27.5 Å². The average Bonchev–Trinajstić information content (AvgIpc) is 2.61. The summed E-state index contributed by atoms with van der Waals surface area (Å²) in [6.45, 7) is 0. The summed E-state index contributed by atoms with van der Waals surface area (Å²) in [7, 11) is 1.58. The lowest BCUT2D eigenvalue weighted by molar-refractivity contribution is 0.416. The lowest BCUT2D eigenvalue weighted by Crippen LogP contribution is -2.01. The molecule has 0 amide bonds. The molecule has 2 aromatic carbocycles. The molecule has 1 heterocycles. The van der Waals surface area contributed by atoms with Crippen molar-refractivity contribution in [1.29, 1.82) is 5.26 Å². The number of anilines is 1. The molecule has 3 rings (SSSR count). The number of nitrogens with zero attached hydrogens (tertiary/aromatic N) is 2. The van der Waals surface area contributed by atoms with Gasteiger partial charge in [-0.3, -0.25) is 0 Å². The molecule has 1 aromatic heterocycles. The van der Waals surface area contributed by atoms with Gasteiger partial charge in [0, 0.05) is 26.2 Å². The summed E-state index contributed by atoms with van der Waals surface area (Å²) in [4.78, 5) is 4.36. The number of ether oxygens (including phenoxy) is 1. The molecule has 2 N–H and O–H groups in total. The Morgan fingerprint density at radius 2 is 1.88 bits per heavy atom. The van der Waals surface area contributed by atoms with Crippen molar-refractivity contribution in [2.24, 2.45) is 0 Å². The van der Waals surface area contributed by atoms with Crippen LogP contribution in [0, 0.1) is 11.3 Å². The Bertz CT molecular complexity index is 998. The van der Waals surface area contributed by atoms with Crippen molar-refractivity contribution in [1.82, 2.24) is 4.98 Å². The van der Waals surface area contributed by atoms with E-state index in [0.29, 0.717) is 27.6 Å². The number of hydrogen-bond acceptors (Lipinski definition) is 4. The monoisotopic (exact) mass is 413 g/mol. The molecule has 4 nitrogen and oxygen atoms in total. The average molecular weight is 415 g/mol. The highest BCUT2D eigenvalue weighted by Gasteiger charge is 2.17. The van der Waals surface area contributed by atoms with E-state index in [-0.39, 0.29) is 5.82 Å². The number of pyridine rings is 1. The molecule has 124 valence electrons. The van der Waals surface area contributed by atoms with Crippen molar-refractivity contribution in [2.75, 3.05) is 12.8 Å². The number of methoxy groups -OCH3 is 1. The summed E-state index contributed by atoms with van der Waals surface area (Å²) >= 11 is 9.75. The molecule has 25 heavy (non-hydrogen) atoms. The minimum atomic E-state index is 0.150. The second kappa shape index (κ2) is 7.14. The Morgan fingerprint density at radius 3 is 2.56 bits per heavy atom. The molecule has 0 aliphatic rings. The van der Waals surface area contributed by atoms with Crippen molar-refractivity contribution in [3.05, 3.63) is 63.6 Å². The van der Waals surface area contributed by atoms with Crippen LogP contribution in [0.5, 0.6) is 5.75 Å². The van der Waals surface area contributed by atoms with E-state index >= 15 is 0 Å². The summed E-state index contributed by atoms with van der Waals surface area (Å²) in [6, 6.07) is 16.9. The van der Waals surface area contributed by atoms with Crippen molar-refractivity contribution >= 4 is 33.3 Å². The van der Waals surface area contributed by atoms with Crippen LogP contribution in [0.3, 0.4) is 0 Å². The van der Waals surface area contributed by atoms with E-state index in [1.54, 1.807) is 19.2 Å². The normalized spacial score (nSPS) is 10.3. The van der Waals surface area contributed by atoms with Gasteiger partial charge in [-0.2, -0.15) is 5.26 Å². The number of nitrogens with two attached hydrogens (primary N) is 1. The lowest BCUT2D eigenvalue weighted by Gasteiger charge is -2.14. The maximum atomic E-state index is 9.56. The van der Waals surface area contributed by atoms with Crippen molar-refractivity contribution < 1.29 is 4.74 Å². The van der Waals surface area contributed by atoms with Crippen molar-refractivity contribution in [3.8, 4) is 34.2 Å². The molecule has 0 spiro atoms. The van der Waals surface area contributed by atoms with E-state index in [2.05, 4.69) is 27.0 Å². The Labute approximate surface area is 159 Å². The summed E-state index contributed by atoms with van der Waals surface area (Å²) < 4.78 is 6.31. The third-order valence-electron chi connectivity index (χ3n) is 3.76. The quantitative estimate of drug-likeness (QED) is 0.631. The molecule has 0 aliphatic carbocycles. The van der Waals surface area contributed by atoms with Crippen molar-refractivity contribution in [2.45, 2.75) is 0 Å². The predicted molar refractivity (Wildman–Crippen MR) is 103 cm³/mol. The molecule has 0 unspecified atom stereocenters. The number of nitrogen functional groups attached to an aromatic ring is 1. The molecule has 0 atom stereocenters. The second-order valence-corrected chi connectivity index (χ2v) is 6.57. The lowest BCUT2D eigenvalue weighted by atomic mass is 9.97. The fourth-order valence-electron chi connectivity index (χ4n) is 2.59. The molecule has 6 heteroatoms. The third-order valence-corrected chi connectivity index (χ3v) is 4.58. The van der Waals surface area contributed by atoms with Crippen LogP contribution in [-0.4, -0.2) is 12.1 Å². The van der Waals surface area contributed by atoms with E-state index in [9.17, 15) is 5.26 Å². The van der Waals surface area contributed by atoms with Gasteiger partial charge >= 0.3 is 0 Å². The number of nitriles is 1. The number of aromatic nitrogens is 1. The first-order chi connectivity index (χ1) is 12.0. The number of benzene rings is 2. The Hall–Kier alpha value is -2.55. The zero-order valence-electron chi connectivity index (χ0n) is 13.3. The van der Waals surface area contributed by atoms with Gasteiger partial charge in [-0.25, -0.2) is 4.98 Å². The van der Waals surface area contributed by atoms with E-state index in [4.69, 9.17) is 22.1 Å². The molecule has 0 aliphatic heterocycles.